The SMILES string of the molecule is C[C@@H](Sc1nc(N)c(C#N)cc1C#N)C(=O)N1CCc2ccccc21. The molecule has 1 atom stereocenters. The van der Waals surface area contributed by atoms with Gasteiger partial charge in [-0.2, -0.15) is 10.5 Å². The van der Waals surface area contributed by atoms with Crippen molar-refractivity contribution in [2.45, 2.75) is 23.6 Å². The summed E-state index contributed by atoms with van der Waals surface area (Å²) in [6.07, 6.45) is 0.838. The summed E-state index contributed by atoms with van der Waals surface area (Å²) < 4.78 is 0. The molecule has 7 heteroatoms. The summed E-state index contributed by atoms with van der Waals surface area (Å²) in [4.78, 5) is 18.7. The number of nitriles is 2. The van der Waals surface area contributed by atoms with Crippen LogP contribution in [0.1, 0.15) is 23.6 Å². The maximum absolute atomic E-state index is 12.8. The molecule has 0 radical (unpaired) electrons. The highest BCUT2D eigenvalue weighted by Gasteiger charge is 2.29. The molecule has 1 aliphatic rings. The van der Waals surface area contributed by atoms with E-state index in [1.165, 1.54) is 17.8 Å². The Morgan fingerprint density at radius 2 is 2.04 bits per heavy atom. The third-order valence-corrected chi connectivity index (χ3v) is 5.14. The standard InChI is InChI=1S/C18H15N5OS/c1-11(18(24)23-7-6-12-4-2-3-5-15(12)23)25-17-14(10-20)8-13(9-19)16(21)22-17/h2-5,8,11H,6-7H2,1H3,(H2,21,22)/t11-/m1/s1. The summed E-state index contributed by atoms with van der Waals surface area (Å²) in [6, 6.07) is 13.2. The number of carbonyl (C=O) groups excluding carboxylic acids is 1. The highest BCUT2D eigenvalue weighted by Crippen LogP contribution is 2.32. The molecule has 0 bridgehead atoms. The lowest BCUT2D eigenvalue weighted by Gasteiger charge is -2.21. The third kappa shape index (κ3) is 3.15. The summed E-state index contributed by atoms with van der Waals surface area (Å²) >= 11 is 1.18. The van der Waals surface area contributed by atoms with Gasteiger partial charge >= 0.3 is 0 Å². The normalized spacial score (nSPS) is 13.6. The quantitative estimate of drug-likeness (QED) is 0.853. The molecule has 3 rings (SSSR count). The van der Waals surface area contributed by atoms with Gasteiger partial charge in [-0.3, -0.25) is 4.79 Å². The number of aromatic nitrogens is 1. The van der Waals surface area contributed by atoms with Crippen molar-refractivity contribution in [2.24, 2.45) is 0 Å². The van der Waals surface area contributed by atoms with Crippen molar-refractivity contribution in [1.29, 1.82) is 10.5 Å². The van der Waals surface area contributed by atoms with Crippen LogP contribution in [0.2, 0.25) is 0 Å². The molecule has 0 saturated heterocycles. The van der Waals surface area contributed by atoms with Crippen LogP contribution in [0.4, 0.5) is 11.5 Å². The molecule has 1 aromatic heterocycles. The Kier molecular flexibility index (Phi) is 4.60. The topological polar surface area (TPSA) is 107 Å². The second-order valence-electron chi connectivity index (χ2n) is 5.63. The zero-order valence-electron chi connectivity index (χ0n) is 13.6. The van der Waals surface area contributed by atoms with Crippen LogP contribution in [0, 0.1) is 22.7 Å². The van der Waals surface area contributed by atoms with Gasteiger partial charge in [0.2, 0.25) is 5.91 Å². The van der Waals surface area contributed by atoms with Crippen molar-refractivity contribution in [1.82, 2.24) is 4.98 Å². The zero-order valence-corrected chi connectivity index (χ0v) is 14.4. The first-order valence-electron chi connectivity index (χ1n) is 7.71. The molecular formula is C18H15N5OS. The molecule has 0 spiro atoms. The van der Waals surface area contributed by atoms with E-state index in [-0.39, 0.29) is 22.9 Å². The number of rotatable bonds is 3. The van der Waals surface area contributed by atoms with Gasteiger partial charge in [0, 0.05) is 12.2 Å². The number of pyridine rings is 1. The second-order valence-corrected chi connectivity index (χ2v) is 6.96. The number of hydrogen-bond donors (Lipinski definition) is 1. The van der Waals surface area contributed by atoms with Crippen molar-refractivity contribution in [2.75, 3.05) is 17.2 Å². The molecule has 124 valence electrons. The maximum Gasteiger partial charge on any atom is 0.240 e. The Morgan fingerprint density at radius 3 is 2.76 bits per heavy atom. The summed E-state index contributed by atoms with van der Waals surface area (Å²) in [7, 11) is 0. The van der Waals surface area contributed by atoms with Crippen LogP contribution in [-0.2, 0) is 11.2 Å². The van der Waals surface area contributed by atoms with E-state index < -0.39 is 5.25 Å². The van der Waals surface area contributed by atoms with Gasteiger partial charge in [0.1, 0.15) is 23.0 Å². The van der Waals surface area contributed by atoms with E-state index in [0.29, 0.717) is 11.6 Å². The lowest BCUT2D eigenvalue weighted by molar-refractivity contribution is -0.117. The Labute approximate surface area is 149 Å². The van der Waals surface area contributed by atoms with Crippen LogP contribution < -0.4 is 10.6 Å². The van der Waals surface area contributed by atoms with Crippen LogP contribution in [-0.4, -0.2) is 22.7 Å². The molecule has 1 aliphatic heterocycles. The minimum atomic E-state index is -0.432. The van der Waals surface area contributed by atoms with Gasteiger partial charge in [0.25, 0.3) is 0 Å². The van der Waals surface area contributed by atoms with E-state index >= 15 is 0 Å². The smallest absolute Gasteiger partial charge is 0.240 e. The number of fused-ring (bicyclic) bond motifs is 1. The lowest BCUT2D eigenvalue weighted by atomic mass is 10.2. The summed E-state index contributed by atoms with van der Waals surface area (Å²) in [6.45, 7) is 2.43. The van der Waals surface area contributed by atoms with Crippen LogP contribution >= 0.6 is 11.8 Å². The van der Waals surface area contributed by atoms with Gasteiger partial charge in [-0.05, 0) is 31.0 Å². The molecule has 0 unspecified atom stereocenters. The average molecular weight is 349 g/mol. The number of anilines is 2. The predicted molar refractivity (Wildman–Crippen MR) is 95.9 cm³/mol. The lowest BCUT2D eigenvalue weighted by Crippen LogP contribution is -2.35. The van der Waals surface area contributed by atoms with Crippen LogP contribution in [0.25, 0.3) is 0 Å². The Bertz CT molecular complexity index is 928. The highest BCUT2D eigenvalue weighted by molar-refractivity contribution is 8.00. The second kappa shape index (κ2) is 6.84. The monoisotopic (exact) mass is 349 g/mol. The molecule has 0 saturated carbocycles. The minimum Gasteiger partial charge on any atom is -0.383 e. The van der Waals surface area contributed by atoms with Crippen molar-refractivity contribution in [3.8, 4) is 12.1 Å². The molecule has 1 aromatic carbocycles. The summed E-state index contributed by atoms with van der Waals surface area (Å²) in [5.41, 5.74) is 8.25. The highest BCUT2D eigenvalue weighted by atomic mass is 32.2. The Balaban J connectivity index is 1.83. The van der Waals surface area contributed by atoms with Gasteiger partial charge in [0.15, 0.2) is 0 Å². The van der Waals surface area contributed by atoms with Gasteiger partial charge < -0.3 is 10.6 Å². The Morgan fingerprint density at radius 1 is 1.32 bits per heavy atom. The van der Waals surface area contributed by atoms with Crippen molar-refractivity contribution in [3.05, 3.63) is 47.0 Å². The number of thioether (sulfide) groups is 1. The number of para-hydroxylation sites is 1. The molecule has 6 nitrogen and oxygen atoms in total. The molecule has 25 heavy (non-hydrogen) atoms. The van der Waals surface area contributed by atoms with Crippen LogP contribution in [0.3, 0.4) is 0 Å². The van der Waals surface area contributed by atoms with E-state index in [1.54, 1.807) is 11.8 Å². The molecular weight excluding hydrogens is 334 g/mol. The number of hydrogen-bond acceptors (Lipinski definition) is 6. The van der Waals surface area contributed by atoms with Gasteiger partial charge in [-0.15, -0.1) is 0 Å². The summed E-state index contributed by atoms with van der Waals surface area (Å²) in [5, 5.41) is 18.2. The number of amides is 1. The molecule has 1 amide bonds. The van der Waals surface area contributed by atoms with Crippen molar-refractivity contribution in [3.63, 3.8) is 0 Å². The predicted octanol–water partition coefficient (Wildman–Crippen LogP) is 2.48. The zero-order chi connectivity index (χ0) is 18.0. The van der Waals surface area contributed by atoms with Gasteiger partial charge in [0.05, 0.1) is 16.4 Å². The van der Waals surface area contributed by atoms with Crippen LogP contribution in [0.15, 0.2) is 35.4 Å². The minimum absolute atomic E-state index is 0.0384. The van der Waals surface area contributed by atoms with Gasteiger partial charge in [-0.1, -0.05) is 30.0 Å². The first-order chi connectivity index (χ1) is 12.0. The molecule has 2 aromatic rings. The number of nitrogen functional groups attached to an aromatic ring is 1. The first-order valence-corrected chi connectivity index (χ1v) is 8.59. The number of benzene rings is 1. The van der Waals surface area contributed by atoms with E-state index in [2.05, 4.69) is 4.98 Å². The molecule has 2 heterocycles. The number of nitrogens with two attached hydrogens (primary N) is 1. The largest absolute Gasteiger partial charge is 0.383 e. The van der Waals surface area contributed by atoms with E-state index in [4.69, 9.17) is 11.0 Å². The van der Waals surface area contributed by atoms with Crippen molar-refractivity contribution < 1.29 is 4.79 Å². The molecule has 2 N–H and O–H groups in total. The average Bonchev–Trinajstić information content (AvgIpc) is 3.05. The van der Waals surface area contributed by atoms with E-state index in [0.717, 1.165) is 17.7 Å². The number of carbonyl (C=O) groups is 1. The third-order valence-electron chi connectivity index (χ3n) is 4.05. The van der Waals surface area contributed by atoms with E-state index in [9.17, 15) is 10.1 Å². The Hall–Kier alpha value is -3.03. The first kappa shape index (κ1) is 16.8. The van der Waals surface area contributed by atoms with Crippen molar-refractivity contribution >= 4 is 29.2 Å². The molecule has 0 aliphatic carbocycles. The molecule has 0 fully saturated rings. The fourth-order valence-electron chi connectivity index (χ4n) is 2.77. The number of nitrogens with zero attached hydrogens (tertiary/aromatic N) is 4. The van der Waals surface area contributed by atoms with Crippen LogP contribution in [0.5, 0.6) is 0 Å². The van der Waals surface area contributed by atoms with Gasteiger partial charge in [-0.25, -0.2) is 4.98 Å². The fourth-order valence-corrected chi connectivity index (χ4v) is 3.72. The summed E-state index contributed by atoms with van der Waals surface area (Å²) in [5.74, 6) is 0.0266. The fraction of sp³-hybridized carbons (Fsp3) is 0.222. The maximum atomic E-state index is 12.8. The van der Waals surface area contributed by atoms with E-state index in [1.807, 2.05) is 36.4 Å².